The van der Waals surface area contributed by atoms with Gasteiger partial charge >= 0.3 is 0 Å². The number of aryl methyl sites for hydroxylation is 1. The molecule has 1 saturated carbocycles. The number of nitrogens with one attached hydrogen (secondary N) is 1. The van der Waals surface area contributed by atoms with E-state index in [1.807, 2.05) is 4.90 Å². The molecule has 134 valence electrons. The minimum absolute atomic E-state index is 0.0384. The van der Waals surface area contributed by atoms with Gasteiger partial charge in [0.25, 0.3) is 11.6 Å². The number of carbonyl (C=O) groups excluding carboxylic acids is 2. The molecule has 1 aromatic rings. The molecule has 1 aliphatic heterocycles. The van der Waals surface area contributed by atoms with Crippen LogP contribution in [0.1, 0.15) is 28.8 Å². The molecular weight excluding hydrogens is 324 g/mol. The molecule has 8 heteroatoms. The Morgan fingerprint density at radius 1 is 1.24 bits per heavy atom. The number of hydrogen-bond donors (Lipinski definition) is 1. The van der Waals surface area contributed by atoms with Crippen molar-refractivity contribution in [1.82, 2.24) is 15.1 Å². The largest absolute Gasteiger partial charge is 0.352 e. The predicted molar refractivity (Wildman–Crippen MR) is 91.3 cm³/mol. The number of rotatable bonds is 5. The maximum absolute atomic E-state index is 12.6. The quantitative estimate of drug-likeness (QED) is 0.632. The third-order valence-corrected chi connectivity index (χ3v) is 4.62. The molecule has 2 fully saturated rings. The van der Waals surface area contributed by atoms with Crippen LogP contribution in [0.3, 0.4) is 0 Å². The number of piperazine rings is 1. The van der Waals surface area contributed by atoms with Crippen molar-refractivity contribution >= 4 is 17.5 Å². The lowest BCUT2D eigenvalue weighted by molar-refractivity contribution is -0.385. The van der Waals surface area contributed by atoms with E-state index < -0.39 is 4.92 Å². The second-order valence-electron chi connectivity index (χ2n) is 6.67. The summed E-state index contributed by atoms with van der Waals surface area (Å²) in [4.78, 5) is 38.7. The van der Waals surface area contributed by atoms with Gasteiger partial charge in [0.2, 0.25) is 5.91 Å². The predicted octanol–water partition coefficient (Wildman–Crippen LogP) is 0.940. The second kappa shape index (κ2) is 7.18. The maximum Gasteiger partial charge on any atom is 0.273 e. The van der Waals surface area contributed by atoms with E-state index in [4.69, 9.17) is 0 Å². The summed E-state index contributed by atoms with van der Waals surface area (Å²) in [5, 5.41) is 14.0. The zero-order valence-electron chi connectivity index (χ0n) is 14.2. The minimum atomic E-state index is -0.470. The zero-order chi connectivity index (χ0) is 18.0. The molecule has 0 aromatic heterocycles. The molecule has 2 amide bonds. The van der Waals surface area contributed by atoms with Crippen LogP contribution in [-0.4, -0.2) is 65.3 Å². The molecular formula is C17H22N4O4. The number of nitro groups is 1. The smallest absolute Gasteiger partial charge is 0.273 e. The summed E-state index contributed by atoms with van der Waals surface area (Å²) in [6, 6.07) is 4.92. The topological polar surface area (TPSA) is 95.8 Å². The molecule has 0 atom stereocenters. The Morgan fingerprint density at radius 3 is 2.52 bits per heavy atom. The van der Waals surface area contributed by atoms with Gasteiger partial charge in [-0.3, -0.25) is 24.6 Å². The summed E-state index contributed by atoms with van der Waals surface area (Å²) in [6.07, 6.45) is 2.13. The highest BCUT2D eigenvalue weighted by Gasteiger charge is 2.27. The second-order valence-corrected chi connectivity index (χ2v) is 6.67. The van der Waals surface area contributed by atoms with Crippen LogP contribution in [0.5, 0.6) is 0 Å². The number of benzene rings is 1. The van der Waals surface area contributed by atoms with Crippen LogP contribution in [0.15, 0.2) is 18.2 Å². The molecule has 0 unspecified atom stereocenters. The Hall–Kier alpha value is -2.48. The molecule has 0 bridgehead atoms. The van der Waals surface area contributed by atoms with Crippen LogP contribution >= 0.6 is 0 Å². The van der Waals surface area contributed by atoms with Crippen LogP contribution in [0.4, 0.5) is 5.69 Å². The average molecular weight is 346 g/mol. The van der Waals surface area contributed by atoms with E-state index in [0.29, 0.717) is 49.9 Å². The molecule has 0 radical (unpaired) electrons. The fourth-order valence-electron chi connectivity index (χ4n) is 2.93. The molecule has 1 aliphatic carbocycles. The molecule has 25 heavy (non-hydrogen) atoms. The van der Waals surface area contributed by atoms with Crippen molar-refractivity contribution in [2.75, 3.05) is 32.7 Å². The van der Waals surface area contributed by atoms with Crippen LogP contribution < -0.4 is 5.32 Å². The Balaban J connectivity index is 1.55. The van der Waals surface area contributed by atoms with Gasteiger partial charge in [0, 0.05) is 49.4 Å². The fraction of sp³-hybridized carbons (Fsp3) is 0.529. The Bertz CT molecular complexity index is 694. The van der Waals surface area contributed by atoms with Gasteiger partial charge < -0.3 is 10.2 Å². The summed E-state index contributed by atoms with van der Waals surface area (Å²) < 4.78 is 0. The first-order valence-corrected chi connectivity index (χ1v) is 8.50. The van der Waals surface area contributed by atoms with E-state index in [2.05, 4.69) is 5.32 Å². The zero-order valence-corrected chi connectivity index (χ0v) is 14.2. The Kier molecular flexibility index (Phi) is 4.98. The van der Waals surface area contributed by atoms with Crippen LogP contribution in [0.2, 0.25) is 0 Å². The lowest BCUT2D eigenvalue weighted by Gasteiger charge is -2.34. The molecule has 1 aromatic carbocycles. The Labute approximate surface area is 145 Å². The lowest BCUT2D eigenvalue weighted by Crippen LogP contribution is -2.51. The normalized spacial score (nSPS) is 18.0. The van der Waals surface area contributed by atoms with Gasteiger partial charge in [-0.2, -0.15) is 0 Å². The monoisotopic (exact) mass is 346 g/mol. The summed E-state index contributed by atoms with van der Waals surface area (Å²) in [7, 11) is 0. The standard InChI is InChI=1S/C17H22N4O4/c1-12-2-3-13(10-15(12)21(24)25)17(23)20-8-6-19(7-9-20)11-16(22)18-14-4-5-14/h2-3,10,14H,4-9,11H2,1H3,(H,18,22). The van der Waals surface area contributed by atoms with Gasteiger partial charge in [0.15, 0.2) is 0 Å². The van der Waals surface area contributed by atoms with Gasteiger partial charge in [-0.15, -0.1) is 0 Å². The van der Waals surface area contributed by atoms with E-state index >= 15 is 0 Å². The van der Waals surface area contributed by atoms with E-state index in [1.54, 1.807) is 24.0 Å². The number of carbonyl (C=O) groups is 2. The Morgan fingerprint density at radius 2 is 1.92 bits per heavy atom. The summed E-state index contributed by atoms with van der Waals surface area (Å²) in [5.74, 6) is -0.165. The SMILES string of the molecule is Cc1ccc(C(=O)N2CCN(CC(=O)NC3CC3)CC2)cc1[N+](=O)[O-]. The van der Waals surface area contributed by atoms with Crippen LogP contribution in [0.25, 0.3) is 0 Å². The number of nitrogens with zero attached hydrogens (tertiary/aromatic N) is 3. The van der Waals surface area contributed by atoms with Crippen molar-refractivity contribution in [2.45, 2.75) is 25.8 Å². The van der Waals surface area contributed by atoms with E-state index in [-0.39, 0.29) is 17.5 Å². The molecule has 8 nitrogen and oxygen atoms in total. The maximum atomic E-state index is 12.6. The van der Waals surface area contributed by atoms with E-state index in [1.165, 1.54) is 6.07 Å². The first-order chi connectivity index (χ1) is 11.9. The summed E-state index contributed by atoms with van der Waals surface area (Å²) in [6.45, 7) is 4.27. The van der Waals surface area contributed by atoms with Crippen molar-refractivity contribution in [1.29, 1.82) is 0 Å². The molecule has 1 heterocycles. The number of nitro benzene ring substituents is 1. The van der Waals surface area contributed by atoms with Crippen molar-refractivity contribution < 1.29 is 14.5 Å². The van der Waals surface area contributed by atoms with Gasteiger partial charge in [-0.1, -0.05) is 6.07 Å². The number of amides is 2. The average Bonchev–Trinajstić information content (AvgIpc) is 3.39. The summed E-state index contributed by atoms with van der Waals surface area (Å²) in [5.41, 5.74) is 0.825. The van der Waals surface area contributed by atoms with Crippen molar-refractivity contribution in [3.05, 3.63) is 39.4 Å². The first kappa shape index (κ1) is 17.3. The lowest BCUT2D eigenvalue weighted by atomic mass is 10.1. The highest BCUT2D eigenvalue weighted by molar-refractivity contribution is 5.95. The van der Waals surface area contributed by atoms with E-state index in [0.717, 1.165) is 12.8 Å². The minimum Gasteiger partial charge on any atom is -0.352 e. The van der Waals surface area contributed by atoms with Crippen LogP contribution in [0, 0.1) is 17.0 Å². The van der Waals surface area contributed by atoms with E-state index in [9.17, 15) is 19.7 Å². The molecule has 3 rings (SSSR count). The van der Waals surface area contributed by atoms with Gasteiger partial charge in [0.05, 0.1) is 11.5 Å². The third kappa shape index (κ3) is 4.33. The van der Waals surface area contributed by atoms with Gasteiger partial charge in [-0.05, 0) is 25.8 Å². The van der Waals surface area contributed by atoms with Crippen molar-refractivity contribution in [2.24, 2.45) is 0 Å². The van der Waals surface area contributed by atoms with Crippen molar-refractivity contribution in [3.8, 4) is 0 Å². The highest BCUT2D eigenvalue weighted by Crippen LogP contribution is 2.21. The first-order valence-electron chi connectivity index (χ1n) is 8.50. The molecule has 1 N–H and O–H groups in total. The molecule has 1 saturated heterocycles. The molecule has 0 spiro atoms. The summed E-state index contributed by atoms with van der Waals surface area (Å²) >= 11 is 0. The molecule has 2 aliphatic rings. The van der Waals surface area contributed by atoms with Crippen LogP contribution in [-0.2, 0) is 4.79 Å². The van der Waals surface area contributed by atoms with Gasteiger partial charge in [-0.25, -0.2) is 0 Å². The highest BCUT2D eigenvalue weighted by atomic mass is 16.6. The third-order valence-electron chi connectivity index (χ3n) is 4.62. The number of hydrogen-bond acceptors (Lipinski definition) is 5. The van der Waals surface area contributed by atoms with Gasteiger partial charge in [0.1, 0.15) is 0 Å². The van der Waals surface area contributed by atoms with Crippen molar-refractivity contribution in [3.63, 3.8) is 0 Å². The fourth-order valence-corrected chi connectivity index (χ4v) is 2.93.